The van der Waals surface area contributed by atoms with Gasteiger partial charge >= 0.3 is 6.03 Å². The number of amides is 3. The Morgan fingerprint density at radius 1 is 1.38 bits per heavy atom. The van der Waals surface area contributed by atoms with Crippen LogP contribution in [0.25, 0.3) is 0 Å². The molecule has 1 aromatic carbocycles. The van der Waals surface area contributed by atoms with Crippen LogP contribution in [0.4, 0.5) is 16.2 Å². The Labute approximate surface area is 155 Å². The van der Waals surface area contributed by atoms with E-state index in [2.05, 4.69) is 24.5 Å². The molecule has 1 aliphatic rings. The fourth-order valence-corrected chi connectivity index (χ4v) is 3.11. The van der Waals surface area contributed by atoms with E-state index in [0.717, 1.165) is 19.4 Å². The number of hydrogen-bond acceptors (Lipinski definition) is 4. The SMILES string of the molecule is COc1ccc(NC(=O)CC2CCCN(C(=O)NCC(C)C)C2)cc1N. The summed E-state index contributed by atoms with van der Waals surface area (Å²) in [6.45, 7) is 6.16. The van der Waals surface area contributed by atoms with E-state index in [0.29, 0.717) is 42.6 Å². The summed E-state index contributed by atoms with van der Waals surface area (Å²) >= 11 is 0. The molecule has 1 unspecified atom stereocenters. The van der Waals surface area contributed by atoms with Gasteiger partial charge in [0.25, 0.3) is 0 Å². The van der Waals surface area contributed by atoms with Crippen LogP contribution in [0.5, 0.6) is 5.75 Å². The number of piperidine rings is 1. The van der Waals surface area contributed by atoms with Gasteiger partial charge in [0, 0.05) is 31.7 Å². The van der Waals surface area contributed by atoms with Crippen LogP contribution in [-0.2, 0) is 4.79 Å². The molecular formula is C19H30N4O3. The second-order valence-electron chi connectivity index (χ2n) is 7.24. The highest BCUT2D eigenvalue weighted by molar-refractivity contribution is 5.91. The molecule has 26 heavy (non-hydrogen) atoms. The number of benzene rings is 1. The summed E-state index contributed by atoms with van der Waals surface area (Å²) in [7, 11) is 1.55. The van der Waals surface area contributed by atoms with Gasteiger partial charge in [-0.15, -0.1) is 0 Å². The number of hydrogen-bond donors (Lipinski definition) is 3. The van der Waals surface area contributed by atoms with E-state index in [-0.39, 0.29) is 17.9 Å². The number of ether oxygens (including phenoxy) is 1. The van der Waals surface area contributed by atoms with Crippen LogP contribution in [0, 0.1) is 11.8 Å². The molecule has 1 fully saturated rings. The molecule has 0 radical (unpaired) electrons. The first-order chi connectivity index (χ1) is 12.4. The molecule has 1 aliphatic heterocycles. The van der Waals surface area contributed by atoms with Gasteiger partial charge in [-0.25, -0.2) is 4.79 Å². The summed E-state index contributed by atoms with van der Waals surface area (Å²) < 4.78 is 5.11. The molecule has 7 nitrogen and oxygen atoms in total. The highest BCUT2D eigenvalue weighted by Gasteiger charge is 2.25. The van der Waals surface area contributed by atoms with Crippen molar-refractivity contribution in [2.75, 3.05) is 37.8 Å². The Balaban J connectivity index is 1.84. The fraction of sp³-hybridized carbons (Fsp3) is 0.579. The molecule has 2 rings (SSSR count). The van der Waals surface area contributed by atoms with Crippen molar-refractivity contribution in [1.82, 2.24) is 10.2 Å². The highest BCUT2D eigenvalue weighted by atomic mass is 16.5. The molecule has 3 amide bonds. The number of rotatable bonds is 6. The lowest BCUT2D eigenvalue weighted by molar-refractivity contribution is -0.117. The highest BCUT2D eigenvalue weighted by Crippen LogP contribution is 2.25. The number of nitrogens with two attached hydrogens (primary N) is 1. The average Bonchev–Trinajstić information content (AvgIpc) is 2.60. The quantitative estimate of drug-likeness (QED) is 0.678. The summed E-state index contributed by atoms with van der Waals surface area (Å²) in [5.41, 5.74) is 7.00. The third kappa shape index (κ3) is 5.82. The third-order valence-corrected chi connectivity index (χ3v) is 4.46. The number of nitrogens with one attached hydrogen (secondary N) is 2. The van der Waals surface area contributed by atoms with E-state index in [1.807, 2.05) is 4.90 Å². The summed E-state index contributed by atoms with van der Waals surface area (Å²) in [6.07, 6.45) is 2.26. The van der Waals surface area contributed by atoms with Crippen LogP contribution in [0.1, 0.15) is 33.1 Å². The van der Waals surface area contributed by atoms with Crippen molar-refractivity contribution >= 4 is 23.3 Å². The first-order valence-corrected chi connectivity index (χ1v) is 9.15. The first-order valence-electron chi connectivity index (χ1n) is 9.15. The van der Waals surface area contributed by atoms with E-state index in [1.54, 1.807) is 25.3 Å². The Bertz CT molecular complexity index is 633. The standard InChI is InChI=1S/C19H30N4O3/c1-13(2)11-21-19(25)23-8-4-5-14(12-23)9-18(24)22-15-6-7-17(26-3)16(20)10-15/h6-7,10,13-14H,4-5,8-9,11-12,20H2,1-3H3,(H,21,25)(H,22,24). The zero-order chi connectivity index (χ0) is 19.1. The molecule has 7 heteroatoms. The number of methoxy groups -OCH3 is 1. The molecule has 0 bridgehead atoms. The Kier molecular flexibility index (Phi) is 7.12. The minimum atomic E-state index is -0.0657. The number of anilines is 2. The molecule has 144 valence electrons. The number of carbonyl (C=O) groups excluding carboxylic acids is 2. The number of nitrogens with zero attached hydrogens (tertiary/aromatic N) is 1. The van der Waals surface area contributed by atoms with Gasteiger partial charge in [0.15, 0.2) is 0 Å². The van der Waals surface area contributed by atoms with Gasteiger partial charge in [0.1, 0.15) is 5.75 Å². The summed E-state index contributed by atoms with van der Waals surface area (Å²) in [5, 5.41) is 5.82. The summed E-state index contributed by atoms with van der Waals surface area (Å²) in [4.78, 5) is 26.4. The van der Waals surface area contributed by atoms with Crippen LogP contribution >= 0.6 is 0 Å². The number of carbonyl (C=O) groups is 2. The van der Waals surface area contributed by atoms with Crippen molar-refractivity contribution in [3.8, 4) is 5.75 Å². The normalized spacial score (nSPS) is 17.1. The monoisotopic (exact) mass is 362 g/mol. The Hall–Kier alpha value is -2.44. The van der Waals surface area contributed by atoms with Gasteiger partial charge in [-0.2, -0.15) is 0 Å². The maximum atomic E-state index is 12.3. The zero-order valence-corrected chi connectivity index (χ0v) is 15.9. The smallest absolute Gasteiger partial charge is 0.317 e. The second-order valence-corrected chi connectivity index (χ2v) is 7.24. The second kappa shape index (κ2) is 9.31. The maximum absolute atomic E-state index is 12.3. The molecule has 0 aliphatic carbocycles. The molecule has 0 saturated carbocycles. The van der Waals surface area contributed by atoms with E-state index in [9.17, 15) is 9.59 Å². The molecular weight excluding hydrogens is 332 g/mol. The molecule has 1 atom stereocenters. The van der Waals surface area contributed by atoms with Crippen molar-refractivity contribution in [3.05, 3.63) is 18.2 Å². The Morgan fingerprint density at radius 2 is 2.15 bits per heavy atom. The lowest BCUT2D eigenvalue weighted by Crippen LogP contribution is -2.46. The van der Waals surface area contributed by atoms with E-state index in [4.69, 9.17) is 10.5 Å². The van der Waals surface area contributed by atoms with Gasteiger partial charge in [0.2, 0.25) is 5.91 Å². The van der Waals surface area contributed by atoms with E-state index in [1.165, 1.54) is 0 Å². The summed E-state index contributed by atoms with van der Waals surface area (Å²) in [5.74, 6) is 1.11. The molecule has 1 aromatic rings. The number of urea groups is 1. The van der Waals surface area contributed by atoms with Crippen molar-refractivity contribution in [2.45, 2.75) is 33.1 Å². The van der Waals surface area contributed by atoms with Gasteiger partial charge in [-0.1, -0.05) is 13.8 Å². The van der Waals surface area contributed by atoms with Gasteiger partial charge < -0.3 is 26.0 Å². The lowest BCUT2D eigenvalue weighted by Gasteiger charge is -2.32. The maximum Gasteiger partial charge on any atom is 0.317 e. The van der Waals surface area contributed by atoms with Crippen molar-refractivity contribution in [1.29, 1.82) is 0 Å². The summed E-state index contributed by atoms with van der Waals surface area (Å²) in [6, 6.07) is 5.14. The van der Waals surface area contributed by atoms with Gasteiger partial charge in [-0.05, 0) is 42.9 Å². The average molecular weight is 362 g/mol. The van der Waals surface area contributed by atoms with Crippen LogP contribution in [0.3, 0.4) is 0 Å². The van der Waals surface area contributed by atoms with Gasteiger partial charge in [0.05, 0.1) is 12.8 Å². The number of nitrogen functional groups attached to an aromatic ring is 1. The zero-order valence-electron chi connectivity index (χ0n) is 15.9. The minimum Gasteiger partial charge on any atom is -0.495 e. The third-order valence-electron chi connectivity index (χ3n) is 4.46. The van der Waals surface area contributed by atoms with Crippen LogP contribution in [0.2, 0.25) is 0 Å². The van der Waals surface area contributed by atoms with E-state index < -0.39 is 0 Å². The molecule has 0 spiro atoms. The largest absolute Gasteiger partial charge is 0.495 e. The van der Waals surface area contributed by atoms with Crippen molar-refractivity contribution < 1.29 is 14.3 Å². The van der Waals surface area contributed by atoms with Crippen molar-refractivity contribution in [2.24, 2.45) is 11.8 Å². The minimum absolute atomic E-state index is 0.0354. The molecule has 0 aromatic heterocycles. The van der Waals surface area contributed by atoms with Crippen LogP contribution in [0.15, 0.2) is 18.2 Å². The Morgan fingerprint density at radius 3 is 2.81 bits per heavy atom. The van der Waals surface area contributed by atoms with Crippen molar-refractivity contribution in [3.63, 3.8) is 0 Å². The van der Waals surface area contributed by atoms with Crippen LogP contribution < -0.4 is 21.1 Å². The fourth-order valence-electron chi connectivity index (χ4n) is 3.11. The predicted molar refractivity (Wildman–Crippen MR) is 103 cm³/mol. The molecule has 1 saturated heterocycles. The lowest BCUT2D eigenvalue weighted by atomic mass is 9.94. The molecule has 1 heterocycles. The van der Waals surface area contributed by atoms with Gasteiger partial charge in [-0.3, -0.25) is 4.79 Å². The topological polar surface area (TPSA) is 96.7 Å². The first kappa shape index (κ1) is 19.9. The number of likely N-dealkylation sites (tertiary alicyclic amines) is 1. The van der Waals surface area contributed by atoms with E-state index >= 15 is 0 Å². The predicted octanol–water partition coefficient (Wildman–Crippen LogP) is 2.68. The van der Waals surface area contributed by atoms with Crippen LogP contribution in [-0.4, -0.2) is 43.6 Å². The molecule has 4 N–H and O–H groups in total.